The van der Waals surface area contributed by atoms with E-state index in [9.17, 15) is 4.79 Å². The van der Waals surface area contributed by atoms with Crippen LogP contribution in [0.1, 0.15) is 66.3 Å². The van der Waals surface area contributed by atoms with Gasteiger partial charge in [0.25, 0.3) is 5.91 Å². The Morgan fingerprint density at radius 3 is 2.84 bits per heavy atom. The highest BCUT2D eigenvalue weighted by molar-refractivity contribution is 7.16. The first-order valence-electron chi connectivity index (χ1n) is 10.9. The van der Waals surface area contributed by atoms with Crippen LogP contribution in [0.2, 0.25) is 5.02 Å². The van der Waals surface area contributed by atoms with E-state index in [1.807, 2.05) is 36.4 Å². The predicted molar refractivity (Wildman–Crippen MR) is 127 cm³/mol. The normalized spacial score (nSPS) is 20.6. The summed E-state index contributed by atoms with van der Waals surface area (Å²) in [5, 5.41) is 8.23. The minimum atomic E-state index is -0.379. The lowest BCUT2D eigenvalue weighted by molar-refractivity contribution is 0.0930. The van der Waals surface area contributed by atoms with Gasteiger partial charge in [-0.2, -0.15) is 0 Å². The van der Waals surface area contributed by atoms with Crippen molar-refractivity contribution >= 4 is 33.8 Å². The summed E-state index contributed by atoms with van der Waals surface area (Å²) in [4.78, 5) is 14.4. The molecule has 4 nitrogen and oxygen atoms in total. The summed E-state index contributed by atoms with van der Waals surface area (Å²) in [6.45, 7) is 7.01. The molecule has 2 N–H and O–H groups in total. The Balaban J connectivity index is 1.40. The van der Waals surface area contributed by atoms with Crippen molar-refractivity contribution in [2.45, 2.75) is 52.6 Å². The van der Waals surface area contributed by atoms with Crippen molar-refractivity contribution in [2.75, 3.05) is 5.32 Å². The van der Waals surface area contributed by atoms with Gasteiger partial charge >= 0.3 is 0 Å². The largest absolute Gasteiger partial charge is 0.457 e. The topological polar surface area (TPSA) is 54.3 Å². The van der Waals surface area contributed by atoms with Gasteiger partial charge in [-0.15, -0.1) is 11.3 Å². The van der Waals surface area contributed by atoms with Gasteiger partial charge in [-0.3, -0.25) is 4.79 Å². The SMILES string of the molecule is CCC(C)(C)C1CCc2c(sc3c2C(=O)NC(c2ccc(-c4cccc(Cl)c4)o2)N3)C1. The Labute approximate surface area is 192 Å². The number of rotatable bonds is 4. The van der Waals surface area contributed by atoms with E-state index in [0.717, 1.165) is 41.2 Å². The smallest absolute Gasteiger partial charge is 0.256 e. The summed E-state index contributed by atoms with van der Waals surface area (Å²) >= 11 is 7.86. The minimum absolute atomic E-state index is 0.00911. The molecule has 1 aliphatic carbocycles. The van der Waals surface area contributed by atoms with Crippen LogP contribution in [-0.2, 0) is 12.8 Å². The van der Waals surface area contributed by atoms with Crippen molar-refractivity contribution in [2.24, 2.45) is 11.3 Å². The van der Waals surface area contributed by atoms with Crippen molar-refractivity contribution < 1.29 is 9.21 Å². The Kier molecular flexibility index (Phi) is 5.14. The molecule has 0 fully saturated rings. The Hall–Kier alpha value is -2.24. The average Bonchev–Trinajstić information content (AvgIpc) is 3.38. The summed E-state index contributed by atoms with van der Waals surface area (Å²) in [7, 11) is 0. The molecule has 2 atom stereocenters. The van der Waals surface area contributed by atoms with E-state index in [2.05, 4.69) is 31.4 Å². The molecule has 31 heavy (non-hydrogen) atoms. The molecule has 1 aromatic carbocycles. The van der Waals surface area contributed by atoms with Gasteiger partial charge in [0.2, 0.25) is 0 Å². The number of thiophene rings is 1. The fourth-order valence-corrected chi connectivity index (χ4v) is 6.24. The van der Waals surface area contributed by atoms with Crippen molar-refractivity contribution in [1.82, 2.24) is 5.32 Å². The monoisotopic (exact) mass is 454 g/mol. The fraction of sp³-hybridized carbons (Fsp3) is 0.400. The second-order valence-electron chi connectivity index (χ2n) is 9.25. The molecule has 0 radical (unpaired) electrons. The Bertz CT molecular complexity index is 1150. The van der Waals surface area contributed by atoms with Gasteiger partial charge in [0.15, 0.2) is 6.17 Å². The van der Waals surface area contributed by atoms with Gasteiger partial charge in [-0.05, 0) is 60.4 Å². The zero-order valence-electron chi connectivity index (χ0n) is 18.0. The third-order valence-electron chi connectivity index (χ3n) is 7.08. The molecule has 162 valence electrons. The van der Waals surface area contributed by atoms with Crippen LogP contribution in [0.25, 0.3) is 11.3 Å². The molecule has 3 heterocycles. The molecule has 5 rings (SSSR count). The molecule has 2 aromatic heterocycles. The van der Waals surface area contributed by atoms with Crippen LogP contribution in [0.15, 0.2) is 40.8 Å². The summed E-state index contributed by atoms with van der Waals surface area (Å²) < 4.78 is 6.07. The van der Waals surface area contributed by atoms with E-state index < -0.39 is 0 Å². The first kappa shape index (κ1) is 20.7. The maximum absolute atomic E-state index is 13.1. The standard InChI is InChI=1S/C25H27ClN2O2S/c1-4-25(2,3)15-8-9-17-20(13-15)31-24-21(17)23(29)27-22(28-24)19-11-10-18(30-19)14-6-5-7-16(26)12-14/h5-7,10-12,15,22,28H,4,8-9,13H2,1-3H3,(H,27,29). The van der Waals surface area contributed by atoms with Crippen LogP contribution >= 0.6 is 22.9 Å². The lowest BCUT2D eigenvalue weighted by Gasteiger charge is -2.36. The molecular weight excluding hydrogens is 428 g/mol. The van der Waals surface area contributed by atoms with Crippen LogP contribution in [-0.4, -0.2) is 5.91 Å². The Morgan fingerprint density at radius 2 is 2.06 bits per heavy atom. The number of hydrogen-bond donors (Lipinski definition) is 2. The zero-order valence-corrected chi connectivity index (χ0v) is 19.6. The molecule has 0 saturated heterocycles. The van der Waals surface area contributed by atoms with Crippen molar-refractivity contribution in [3.05, 3.63) is 63.2 Å². The van der Waals surface area contributed by atoms with E-state index >= 15 is 0 Å². The summed E-state index contributed by atoms with van der Waals surface area (Å²) in [5.41, 5.74) is 3.32. The number of hydrogen-bond acceptors (Lipinski definition) is 4. The molecule has 0 spiro atoms. The quantitative estimate of drug-likeness (QED) is 0.443. The molecule has 0 bridgehead atoms. The van der Waals surface area contributed by atoms with Crippen LogP contribution < -0.4 is 10.6 Å². The number of nitrogens with one attached hydrogen (secondary N) is 2. The maximum Gasteiger partial charge on any atom is 0.256 e. The van der Waals surface area contributed by atoms with Gasteiger partial charge in [-0.1, -0.05) is 50.9 Å². The maximum atomic E-state index is 13.1. The minimum Gasteiger partial charge on any atom is -0.457 e. The van der Waals surface area contributed by atoms with Gasteiger partial charge in [0.05, 0.1) is 5.56 Å². The molecule has 1 amide bonds. The highest BCUT2D eigenvalue weighted by Gasteiger charge is 2.37. The highest BCUT2D eigenvalue weighted by atomic mass is 35.5. The number of carbonyl (C=O) groups is 1. The van der Waals surface area contributed by atoms with Gasteiger partial charge in [-0.25, -0.2) is 0 Å². The van der Waals surface area contributed by atoms with Crippen LogP contribution in [0, 0.1) is 11.3 Å². The first-order valence-corrected chi connectivity index (χ1v) is 12.1. The van der Waals surface area contributed by atoms with Crippen molar-refractivity contribution in [3.8, 4) is 11.3 Å². The van der Waals surface area contributed by atoms with Crippen LogP contribution in [0.3, 0.4) is 0 Å². The van der Waals surface area contributed by atoms with Gasteiger partial charge < -0.3 is 15.1 Å². The van der Waals surface area contributed by atoms with E-state index in [1.165, 1.54) is 16.9 Å². The van der Waals surface area contributed by atoms with Crippen molar-refractivity contribution in [3.63, 3.8) is 0 Å². The summed E-state index contributed by atoms with van der Waals surface area (Å²) in [6, 6.07) is 11.4. The number of benzene rings is 1. The third-order valence-corrected chi connectivity index (χ3v) is 8.50. The number of halogens is 1. The van der Waals surface area contributed by atoms with E-state index in [1.54, 1.807) is 11.3 Å². The van der Waals surface area contributed by atoms with Gasteiger partial charge in [0, 0.05) is 15.5 Å². The molecule has 1 aliphatic heterocycles. The van der Waals surface area contributed by atoms with E-state index in [-0.39, 0.29) is 12.1 Å². The first-order chi connectivity index (χ1) is 14.9. The van der Waals surface area contributed by atoms with Crippen LogP contribution in [0.4, 0.5) is 5.00 Å². The summed E-state index contributed by atoms with van der Waals surface area (Å²) in [6.07, 6.45) is 3.99. The fourth-order valence-electron chi connectivity index (χ4n) is 4.70. The van der Waals surface area contributed by atoms with Crippen LogP contribution in [0.5, 0.6) is 0 Å². The second-order valence-corrected chi connectivity index (χ2v) is 10.8. The lowest BCUT2D eigenvalue weighted by atomic mass is 9.69. The number of amides is 1. The molecule has 6 heteroatoms. The zero-order chi connectivity index (χ0) is 21.8. The van der Waals surface area contributed by atoms with E-state index in [0.29, 0.717) is 22.1 Å². The number of carbonyl (C=O) groups excluding carboxylic acids is 1. The van der Waals surface area contributed by atoms with Crippen molar-refractivity contribution in [1.29, 1.82) is 0 Å². The second kappa shape index (κ2) is 7.72. The molecule has 0 saturated carbocycles. The third kappa shape index (κ3) is 3.68. The number of anilines is 1. The molecule has 3 aromatic rings. The molecule has 2 aliphatic rings. The molecule has 2 unspecified atom stereocenters. The van der Waals surface area contributed by atoms with Gasteiger partial charge in [0.1, 0.15) is 16.5 Å². The average molecular weight is 455 g/mol. The summed E-state index contributed by atoms with van der Waals surface area (Å²) in [5.74, 6) is 2.07. The Morgan fingerprint density at radius 1 is 1.23 bits per heavy atom. The number of fused-ring (bicyclic) bond motifs is 3. The van der Waals surface area contributed by atoms with E-state index in [4.69, 9.17) is 16.0 Å². The number of furan rings is 1. The predicted octanol–water partition coefficient (Wildman–Crippen LogP) is 7.06. The molecular formula is C25H27ClN2O2S. The lowest BCUT2D eigenvalue weighted by Crippen LogP contribution is -2.38. The highest BCUT2D eigenvalue weighted by Crippen LogP contribution is 2.47.